The van der Waals surface area contributed by atoms with E-state index < -0.39 is 5.82 Å². The Bertz CT molecular complexity index is 844. The standard InChI is InChI=1S/C17H15ClFNOS/c1-9(2)7-10-8-13-14(22-10)4-3-12(16(13)21)11-5-6-20-17(18)15(11)19/h3-6,8-9,21H,7H2,1-2H3. The molecule has 3 rings (SSSR count). The zero-order valence-corrected chi connectivity index (χ0v) is 13.8. The van der Waals surface area contributed by atoms with E-state index in [1.165, 1.54) is 17.1 Å². The van der Waals surface area contributed by atoms with Gasteiger partial charge in [-0.3, -0.25) is 0 Å². The number of phenols is 1. The van der Waals surface area contributed by atoms with Gasteiger partial charge in [0.1, 0.15) is 5.75 Å². The van der Waals surface area contributed by atoms with Crippen LogP contribution in [-0.2, 0) is 6.42 Å². The smallest absolute Gasteiger partial charge is 0.168 e. The first-order valence-corrected chi connectivity index (χ1v) is 8.21. The number of fused-ring (bicyclic) bond motifs is 1. The third-order valence-corrected chi connectivity index (χ3v) is 4.86. The maximum atomic E-state index is 14.1. The molecule has 0 aliphatic rings. The number of phenolic OH excluding ortho intramolecular Hbond substituents is 1. The van der Waals surface area contributed by atoms with Crippen molar-refractivity contribution in [1.29, 1.82) is 0 Å². The average molecular weight is 336 g/mol. The van der Waals surface area contributed by atoms with E-state index in [1.807, 2.05) is 12.1 Å². The van der Waals surface area contributed by atoms with Gasteiger partial charge in [-0.05, 0) is 36.6 Å². The molecule has 0 amide bonds. The van der Waals surface area contributed by atoms with Gasteiger partial charge >= 0.3 is 0 Å². The van der Waals surface area contributed by atoms with E-state index in [4.69, 9.17) is 11.6 Å². The fourth-order valence-corrected chi connectivity index (χ4v) is 3.93. The lowest BCUT2D eigenvalue weighted by atomic mass is 10.0. The van der Waals surface area contributed by atoms with Crippen molar-refractivity contribution in [1.82, 2.24) is 4.98 Å². The van der Waals surface area contributed by atoms with E-state index in [-0.39, 0.29) is 16.5 Å². The van der Waals surface area contributed by atoms with Gasteiger partial charge in [-0.2, -0.15) is 0 Å². The summed E-state index contributed by atoms with van der Waals surface area (Å²) in [5, 5.41) is 11.1. The number of aromatic hydroxyl groups is 1. The minimum absolute atomic E-state index is 0.0879. The van der Waals surface area contributed by atoms with Crippen LogP contribution >= 0.6 is 22.9 Å². The molecule has 0 saturated heterocycles. The Kier molecular flexibility index (Phi) is 4.06. The van der Waals surface area contributed by atoms with Crippen molar-refractivity contribution < 1.29 is 9.50 Å². The number of halogens is 2. The highest BCUT2D eigenvalue weighted by atomic mass is 35.5. The second-order valence-corrected chi connectivity index (χ2v) is 7.17. The van der Waals surface area contributed by atoms with Gasteiger partial charge in [0, 0.05) is 32.3 Å². The van der Waals surface area contributed by atoms with Crippen molar-refractivity contribution >= 4 is 33.0 Å². The zero-order valence-electron chi connectivity index (χ0n) is 12.2. The second kappa shape index (κ2) is 5.86. The predicted molar refractivity (Wildman–Crippen MR) is 90.2 cm³/mol. The number of hydrogen-bond donors (Lipinski definition) is 1. The Balaban J connectivity index is 2.15. The maximum absolute atomic E-state index is 14.1. The van der Waals surface area contributed by atoms with Crippen LogP contribution < -0.4 is 0 Å². The van der Waals surface area contributed by atoms with Crippen LogP contribution in [0.1, 0.15) is 18.7 Å². The van der Waals surface area contributed by atoms with Gasteiger partial charge in [-0.25, -0.2) is 9.37 Å². The van der Waals surface area contributed by atoms with Gasteiger partial charge < -0.3 is 5.11 Å². The average Bonchev–Trinajstić information content (AvgIpc) is 2.85. The van der Waals surface area contributed by atoms with Crippen LogP contribution in [0.5, 0.6) is 5.75 Å². The van der Waals surface area contributed by atoms with Gasteiger partial charge in [0.15, 0.2) is 11.0 Å². The number of aromatic nitrogens is 1. The summed E-state index contributed by atoms with van der Waals surface area (Å²) in [4.78, 5) is 4.92. The monoisotopic (exact) mass is 335 g/mol. The first-order valence-electron chi connectivity index (χ1n) is 7.02. The summed E-state index contributed by atoms with van der Waals surface area (Å²) in [6.07, 6.45) is 2.39. The van der Waals surface area contributed by atoms with Crippen LogP contribution in [0.2, 0.25) is 5.15 Å². The summed E-state index contributed by atoms with van der Waals surface area (Å²) in [6.45, 7) is 4.31. The van der Waals surface area contributed by atoms with Crippen LogP contribution in [0.3, 0.4) is 0 Å². The minimum Gasteiger partial charge on any atom is -0.507 e. The highest BCUT2D eigenvalue weighted by Crippen LogP contribution is 2.41. The molecule has 0 radical (unpaired) electrons. The molecule has 0 bridgehead atoms. The molecule has 0 spiro atoms. The third-order valence-electron chi connectivity index (χ3n) is 3.47. The SMILES string of the molecule is CC(C)Cc1cc2c(O)c(-c3ccnc(Cl)c3F)ccc2s1. The summed E-state index contributed by atoms with van der Waals surface area (Å²) < 4.78 is 15.1. The maximum Gasteiger partial charge on any atom is 0.168 e. The second-order valence-electron chi connectivity index (χ2n) is 5.65. The number of nitrogens with zero attached hydrogens (tertiary/aromatic N) is 1. The molecule has 1 N–H and O–H groups in total. The summed E-state index contributed by atoms with van der Waals surface area (Å²) in [5.41, 5.74) is 0.694. The first kappa shape index (κ1) is 15.3. The summed E-state index contributed by atoms with van der Waals surface area (Å²) in [7, 11) is 0. The van der Waals surface area contributed by atoms with Crippen LogP contribution in [0, 0.1) is 11.7 Å². The highest BCUT2D eigenvalue weighted by molar-refractivity contribution is 7.19. The molecular formula is C17H15ClFNOS. The Hall–Kier alpha value is -1.65. The van der Waals surface area contributed by atoms with Gasteiger partial charge in [0.2, 0.25) is 0 Å². The molecule has 5 heteroatoms. The molecule has 0 aliphatic heterocycles. The van der Waals surface area contributed by atoms with Crippen molar-refractivity contribution in [3.8, 4) is 16.9 Å². The van der Waals surface area contributed by atoms with Crippen molar-refractivity contribution in [2.75, 3.05) is 0 Å². The molecule has 0 fully saturated rings. The third kappa shape index (κ3) is 2.69. The Morgan fingerprint density at radius 3 is 2.77 bits per heavy atom. The summed E-state index contributed by atoms with van der Waals surface area (Å²) >= 11 is 7.39. The molecule has 0 unspecified atom stereocenters. The van der Waals surface area contributed by atoms with E-state index in [2.05, 4.69) is 18.8 Å². The summed E-state index contributed by atoms with van der Waals surface area (Å²) in [6, 6.07) is 7.14. The first-order chi connectivity index (χ1) is 10.5. The van der Waals surface area contributed by atoms with Crippen molar-refractivity contribution in [3.05, 3.63) is 46.3 Å². The normalized spacial score (nSPS) is 11.5. The molecule has 2 nitrogen and oxygen atoms in total. The number of pyridine rings is 1. The molecule has 1 aromatic carbocycles. The lowest BCUT2D eigenvalue weighted by Crippen LogP contribution is -1.89. The summed E-state index contributed by atoms with van der Waals surface area (Å²) in [5.74, 6) is 0.0208. The highest BCUT2D eigenvalue weighted by Gasteiger charge is 2.16. The fraction of sp³-hybridized carbons (Fsp3) is 0.235. The minimum atomic E-state index is -0.614. The Morgan fingerprint density at radius 2 is 2.05 bits per heavy atom. The van der Waals surface area contributed by atoms with Gasteiger partial charge in [-0.15, -0.1) is 11.3 Å². The number of hydrogen-bond acceptors (Lipinski definition) is 3. The molecule has 0 atom stereocenters. The van der Waals surface area contributed by atoms with Crippen molar-refractivity contribution in [3.63, 3.8) is 0 Å². The zero-order chi connectivity index (χ0) is 15.9. The van der Waals surface area contributed by atoms with Gasteiger partial charge in [0.25, 0.3) is 0 Å². The molecule has 2 heterocycles. The van der Waals surface area contributed by atoms with Crippen molar-refractivity contribution in [2.24, 2.45) is 5.92 Å². The van der Waals surface area contributed by atoms with Crippen LogP contribution in [-0.4, -0.2) is 10.1 Å². The van der Waals surface area contributed by atoms with Crippen LogP contribution in [0.4, 0.5) is 4.39 Å². The number of rotatable bonds is 3. The van der Waals surface area contributed by atoms with Gasteiger partial charge in [0.05, 0.1) is 0 Å². The lowest BCUT2D eigenvalue weighted by Gasteiger charge is -2.07. The topological polar surface area (TPSA) is 33.1 Å². The van der Waals surface area contributed by atoms with Crippen LogP contribution in [0.25, 0.3) is 21.2 Å². The quantitative estimate of drug-likeness (QED) is 0.626. The van der Waals surface area contributed by atoms with E-state index in [1.54, 1.807) is 17.4 Å². The molecule has 22 heavy (non-hydrogen) atoms. The van der Waals surface area contributed by atoms with E-state index in [0.717, 1.165) is 16.5 Å². The number of benzene rings is 1. The Morgan fingerprint density at radius 1 is 1.27 bits per heavy atom. The number of thiophene rings is 1. The van der Waals surface area contributed by atoms with Crippen LogP contribution in [0.15, 0.2) is 30.5 Å². The van der Waals surface area contributed by atoms with Gasteiger partial charge in [-0.1, -0.05) is 25.4 Å². The molecule has 3 aromatic rings. The van der Waals surface area contributed by atoms with E-state index in [9.17, 15) is 9.50 Å². The molecular weight excluding hydrogens is 321 g/mol. The molecule has 114 valence electrons. The lowest BCUT2D eigenvalue weighted by molar-refractivity contribution is 0.483. The Labute approximate surface area is 137 Å². The molecule has 0 aliphatic carbocycles. The van der Waals surface area contributed by atoms with Crippen molar-refractivity contribution in [2.45, 2.75) is 20.3 Å². The van der Waals surface area contributed by atoms with E-state index in [0.29, 0.717) is 11.5 Å². The molecule has 0 saturated carbocycles. The molecule has 2 aromatic heterocycles. The van der Waals surface area contributed by atoms with E-state index >= 15 is 0 Å². The fourth-order valence-electron chi connectivity index (χ4n) is 2.50. The largest absolute Gasteiger partial charge is 0.507 e. The predicted octanol–water partition coefficient (Wildman–Crippen LogP) is 5.66.